The van der Waals surface area contributed by atoms with Crippen molar-refractivity contribution in [1.82, 2.24) is 5.32 Å². The number of amides is 1. The molecule has 1 amide bonds. The van der Waals surface area contributed by atoms with Gasteiger partial charge < -0.3 is 19.8 Å². The molecule has 0 spiro atoms. The first kappa shape index (κ1) is 57.7. The minimum Gasteiger partial charge on any atom is -0.387 e. The van der Waals surface area contributed by atoms with Gasteiger partial charge in [-0.25, -0.2) is 4.57 Å². The Hall–Kier alpha value is -2.32. The number of nitrogens with zero attached hydrogens (tertiary/aromatic N) is 1. The van der Waals surface area contributed by atoms with Gasteiger partial charge in [0.05, 0.1) is 39.9 Å². The number of phosphoric acid groups is 1. The van der Waals surface area contributed by atoms with Crippen LogP contribution < -0.4 is 5.32 Å². The number of likely N-dealkylation sites (N-methyl/N-ethyl adjacent to an activating group) is 1. The lowest BCUT2D eigenvalue weighted by Crippen LogP contribution is -2.45. The van der Waals surface area contributed by atoms with Crippen LogP contribution >= 0.6 is 7.82 Å². The Balaban J connectivity index is 4.46. The van der Waals surface area contributed by atoms with Gasteiger partial charge in [-0.15, -0.1) is 0 Å². The van der Waals surface area contributed by atoms with Crippen LogP contribution in [0.2, 0.25) is 0 Å². The third-order valence-electron chi connectivity index (χ3n) is 10.1. The van der Waals surface area contributed by atoms with Crippen molar-refractivity contribution in [3.05, 3.63) is 85.1 Å². The third-order valence-corrected chi connectivity index (χ3v) is 11.1. The van der Waals surface area contributed by atoms with Crippen LogP contribution in [0.15, 0.2) is 85.1 Å². The monoisotopic (exact) mass is 860 g/mol. The highest BCUT2D eigenvalue weighted by Gasteiger charge is 2.27. The zero-order chi connectivity index (χ0) is 44.3. The molecule has 0 rings (SSSR count). The van der Waals surface area contributed by atoms with E-state index in [0.717, 1.165) is 83.5 Å². The summed E-state index contributed by atoms with van der Waals surface area (Å²) in [6.45, 7) is 4.64. The fourth-order valence-electron chi connectivity index (χ4n) is 6.30. The predicted molar refractivity (Wildman–Crippen MR) is 258 cm³/mol. The van der Waals surface area contributed by atoms with Gasteiger partial charge in [-0.1, -0.05) is 176 Å². The number of allylic oxidation sites excluding steroid dienone is 13. The van der Waals surface area contributed by atoms with Crippen LogP contribution in [0, 0.1) is 0 Å². The summed E-state index contributed by atoms with van der Waals surface area (Å²) in [5.41, 5.74) is 0. The van der Waals surface area contributed by atoms with Crippen LogP contribution in [0.3, 0.4) is 0 Å². The molecule has 3 N–H and O–H groups in total. The lowest BCUT2D eigenvalue weighted by atomic mass is 10.1. The molecule has 60 heavy (non-hydrogen) atoms. The van der Waals surface area contributed by atoms with E-state index in [0.29, 0.717) is 17.4 Å². The number of quaternary nitrogens is 1. The molecule has 9 heteroatoms. The summed E-state index contributed by atoms with van der Waals surface area (Å²) in [7, 11) is 1.53. The average molecular weight is 860 g/mol. The van der Waals surface area contributed by atoms with Crippen molar-refractivity contribution in [2.75, 3.05) is 40.9 Å². The van der Waals surface area contributed by atoms with Crippen molar-refractivity contribution in [3.63, 3.8) is 0 Å². The van der Waals surface area contributed by atoms with E-state index in [1.54, 1.807) is 6.08 Å². The highest BCUT2D eigenvalue weighted by molar-refractivity contribution is 7.47. The van der Waals surface area contributed by atoms with Gasteiger partial charge in [0, 0.05) is 6.42 Å². The highest BCUT2D eigenvalue weighted by Crippen LogP contribution is 2.43. The molecule has 0 aliphatic carbocycles. The van der Waals surface area contributed by atoms with E-state index in [1.807, 2.05) is 27.2 Å². The van der Waals surface area contributed by atoms with Crippen LogP contribution in [0.25, 0.3) is 0 Å². The first-order valence-electron chi connectivity index (χ1n) is 24.0. The quantitative estimate of drug-likeness (QED) is 0.0244. The first-order chi connectivity index (χ1) is 29.0. The molecule has 0 aliphatic heterocycles. The van der Waals surface area contributed by atoms with Crippen LogP contribution in [0.5, 0.6) is 0 Å². The predicted octanol–water partition coefficient (Wildman–Crippen LogP) is 13.7. The molecule has 8 nitrogen and oxygen atoms in total. The van der Waals surface area contributed by atoms with Gasteiger partial charge in [-0.2, -0.15) is 0 Å². The van der Waals surface area contributed by atoms with Crippen molar-refractivity contribution >= 4 is 13.7 Å². The molecule has 346 valence electrons. The zero-order valence-corrected chi connectivity index (χ0v) is 40.1. The number of aliphatic hydroxyl groups is 1. The van der Waals surface area contributed by atoms with Gasteiger partial charge in [0.15, 0.2) is 0 Å². The van der Waals surface area contributed by atoms with Crippen molar-refractivity contribution < 1.29 is 32.9 Å². The second-order valence-electron chi connectivity index (χ2n) is 17.1. The Bertz CT molecular complexity index is 1250. The van der Waals surface area contributed by atoms with Crippen LogP contribution in [0.4, 0.5) is 0 Å². The van der Waals surface area contributed by atoms with E-state index in [4.69, 9.17) is 9.05 Å². The van der Waals surface area contributed by atoms with Gasteiger partial charge >= 0.3 is 7.82 Å². The number of hydrogen-bond donors (Lipinski definition) is 3. The Labute approximate surface area is 369 Å². The van der Waals surface area contributed by atoms with Gasteiger partial charge in [-0.05, 0) is 83.5 Å². The summed E-state index contributed by atoms with van der Waals surface area (Å²) in [5.74, 6) is -0.204. The molecule has 0 bridgehead atoms. The molecule has 0 aromatic heterocycles. The lowest BCUT2D eigenvalue weighted by molar-refractivity contribution is -0.870. The molecule has 0 aliphatic rings. The SMILES string of the molecule is CC/C=C\C/C=C\C/C=C\C/C=C\CCCCCCCCCCC(=O)NC(COP(=O)(O)OCC[N+](C)(C)C)C(O)/C=C/CC/C=C/CC/C=C/CCCCCCCCC. The highest BCUT2D eigenvalue weighted by atomic mass is 31.2. The number of carbonyl (C=O) groups is 1. The minimum atomic E-state index is -4.36. The third kappa shape index (κ3) is 43.8. The number of unbranched alkanes of at least 4 members (excludes halogenated alkanes) is 17. The fraction of sp³-hybridized carbons (Fsp3) is 0.706. The van der Waals surface area contributed by atoms with E-state index in [9.17, 15) is 19.4 Å². The average Bonchev–Trinajstić information content (AvgIpc) is 3.20. The molecule has 0 saturated heterocycles. The topological polar surface area (TPSA) is 105 Å². The second-order valence-corrected chi connectivity index (χ2v) is 18.5. The number of hydrogen-bond acceptors (Lipinski definition) is 5. The Morgan fingerprint density at radius 2 is 1.02 bits per heavy atom. The number of phosphoric ester groups is 1. The van der Waals surface area contributed by atoms with Gasteiger partial charge in [-0.3, -0.25) is 13.8 Å². The maximum absolute atomic E-state index is 12.9. The maximum atomic E-state index is 12.9. The Morgan fingerprint density at radius 1 is 0.583 bits per heavy atom. The van der Waals surface area contributed by atoms with Crippen LogP contribution in [0.1, 0.15) is 181 Å². The molecule has 0 aromatic carbocycles. The van der Waals surface area contributed by atoms with Crippen molar-refractivity contribution in [3.8, 4) is 0 Å². The molecular weight excluding hydrogens is 768 g/mol. The summed E-state index contributed by atoms with van der Waals surface area (Å²) in [5, 5.41) is 13.8. The maximum Gasteiger partial charge on any atom is 0.472 e. The van der Waals surface area contributed by atoms with E-state index >= 15 is 0 Å². The summed E-state index contributed by atoms with van der Waals surface area (Å²) in [6, 6.07) is -0.878. The molecule has 0 aromatic rings. The standard InChI is InChI=1S/C51H91N2O6P/c1-6-8-10-12-14-16-18-20-22-24-25-26-27-29-31-33-35-37-39-41-43-45-51(55)52-49(48-59-60(56,57)58-47-46-53(3,4)5)50(54)44-42-40-38-36-34-32-30-28-23-21-19-17-15-13-11-9-7-2/h8,10,14,16,20,22-23,25-26,28,34,36,42,44,49-50,54H,6-7,9,11-13,15,17-19,21,24,27,29-33,35,37-41,43,45-48H2,1-5H3,(H-,52,55,56,57)/p+1/b10-8-,16-14-,22-20-,26-25-,28-23+,36-34+,44-42+. The molecule has 0 radical (unpaired) electrons. The minimum absolute atomic E-state index is 0.0475. The van der Waals surface area contributed by atoms with Crippen molar-refractivity contribution in [1.29, 1.82) is 0 Å². The van der Waals surface area contributed by atoms with E-state index in [2.05, 4.69) is 92.1 Å². The number of rotatable bonds is 42. The van der Waals surface area contributed by atoms with Gasteiger partial charge in [0.25, 0.3) is 0 Å². The molecule has 0 heterocycles. The van der Waals surface area contributed by atoms with Crippen LogP contribution in [-0.2, 0) is 18.4 Å². The van der Waals surface area contributed by atoms with E-state index < -0.39 is 20.0 Å². The molecule has 3 unspecified atom stereocenters. The summed E-state index contributed by atoms with van der Waals surface area (Å²) in [4.78, 5) is 23.2. The fourth-order valence-corrected chi connectivity index (χ4v) is 7.03. The second kappa shape index (κ2) is 42.0. The molecule has 3 atom stereocenters. The molecular formula is C51H92N2O6P+. The van der Waals surface area contributed by atoms with Crippen molar-refractivity contribution in [2.45, 2.75) is 193 Å². The van der Waals surface area contributed by atoms with E-state index in [1.165, 1.54) is 77.0 Å². The number of carbonyl (C=O) groups excluding carboxylic acids is 1. The van der Waals surface area contributed by atoms with Crippen LogP contribution in [-0.4, -0.2) is 73.4 Å². The molecule has 0 fully saturated rings. The largest absolute Gasteiger partial charge is 0.472 e. The number of nitrogens with one attached hydrogen (secondary N) is 1. The Morgan fingerprint density at radius 3 is 1.53 bits per heavy atom. The molecule has 0 saturated carbocycles. The number of aliphatic hydroxyl groups excluding tert-OH is 1. The normalized spacial score (nSPS) is 15.0. The summed E-state index contributed by atoms with van der Waals surface area (Å²) in [6.07, 6.45) is 58.0. The summed E-state index contributed by atoms with van der Waals surface area (Å²) < 4.78 is 23.6. The zero-order valence-electron chi connectivity index (χ0n) is 39.2. The van der Waals surface area contributed by atoms with Gasteiger partial charge in [0.1, 0.15) is 13.2 Å². The Kier molecular flexibility index (Phi) is 40.4. The lowest BCUT2D eigenvalue weighted by Gasteiger charge is -2.25. The van der Waals surface area contributed by atoms with Gasteiger partial charge in [0.2, 0.25) is 5.91 Å². The summed E-state index contributed by atoms with van der Waals surface area (Å²) >= 11 is 0. The van der Waals surface area contributed by atoms with Crippen molar-refractivity contribution in [2.24, 2.45) is 0 Å². The first-order valence-corrected chi connectivity index (χ1v) is 25.5. The smallest absolute Gasteiger partial charge is 0.387 e. The van der Waals surface area contributed by atoms with E-state index in [-0.39, 0.29) is 19.1 Å².